The molecular weight excluding hydrogens is 457 g/mol. The molecule has 1 N–H and O–H groups in total. The molecule has 1 saturated carbocycles. The van der Waals surface area contributed by atoms with Gasteiger partial charge in [0.15, 0.2) is 0 Å². The largest absolute Gasteiger partial charge is 0.493 e. The first-order valence-electron chi connectivity index (χ1n) is 11.3. The Bertz CT molecular complexity index is 1040. The molecule has 0 radical (unpaired) electrons. The molecule has 0 bridgehead atoms. The number of halogens is 5. The summed E-state index contributed by atoms with van der Waals surface area (Å²) in [6, 6.07) is 7.31. The Hall–Kier alpha value is -2.68. The summed E-state index contributed by atoms with van der Waals surface area (Å²) < 4.78 is 74.8. The number of aromatic carboxylic acids is 1. The first kappa shape index (κ1) is 24.4. The van der Waals surface area contributed by atoms with Crippen LogP contribution in [0.3, 0.4) is 0 Å². The molecule has 0 spiro atoms. The van der Waals surface area contributed by atoms with Crippen LogP contribution >= 0.6 is 0 Å². The van der Waals surface area contributed by atoms with Crippen LogP contribution in [-0.4, -0.2) is 48.4 Å². The quantitative estimate of drug-likeness (QED) is 0.480. The second-order valence-corrected chi connectivity index (χ2v) is 9.30. The molecule has 0 atom stereocenters. The number of piperidine rings is 1. The highest BCUT2D eigenvalue weighted by Gasteiger charge is 2.58. The Morgan fingerprint density at radius 3 is 2.15 bits per heavy atom. The van der Waals surface area contributed by atoms with Gasteiger partial charge >= 0.3 is 12.1 Å². The van der Waals surface area contributed by atoms with E-state index in [1.807, 2.05) is 4.90 Å². The Kier molecular flexibility index (Phi) is 6.85. The third kappa shape index (κ3) is 5.04. The predicted octanol–water partition coefficient (Wildman–Crippen LogP) is 6.15. The van der Waals surface area contributed by atoms with Crippen LogP contribution in [0.1, 0.15) is 42.5 Å². The lowest BCUT2D eigenvalue weighted by molar-refractivity contribution is -0.256. The summed E-state index contributed by atoms with van der Waals surface area (Å²) in [6.45, 7) is 1.52. The Balaban J connectivity index is 1.30. The molecule has 0 unspecified atom stereocenters. The molecule has 1 heterocycles. The average Bonchev–Trinajstić information content (AvgIpc) is 2.75. The number of hydrogen-bond acceptors (Lipinski definition) is 3. The first-order chi connectivity index (χ1) is 16.1. The van der Waals surface area contributed by atoms with Gasteiger partial charge in [0.2, 0.25) is 0 Å². The van der Waals surface area contributed by atoms with Crippen LogP contribution in [0.2, 0.25) is 0 Å². The number of alkyl halides is 3. The zero-order chi connectivity index (χ0) is 24.5. The maximum absolute atomic E-state index is 14.6. The van der Waals surface area contributed by atoms with Crippen molar-refractivity contribution >= 4 is 5.97 Å². The van der Waals surface area contributed by atoms with Crippen molar-refractivity contribution in [2.24, 2.45) is 11.3 Å². The number of rotatable bonds is 7. The van der Waals surface area contributed by atoms with Crippen LogP contribution in [0.4, 0.5) is 22.0 Å². The Morgan fingerprint density at radius 2 is 1.65 bits per heavy atom. The van der Waals surface area contributed by atoms with Gasteiger partial charge in [-0.2, -0.15) is 13.2 Å². The van der Waals surface area contributed by atoms with E-state index in [-0.39, 0.29) is 47.7 Å². The second kappa shape index (κ2) is 9.52. The molecule has 1 aliphatic carbocycles. The van der Waals surface area contributed by atoms with Crippen molar-refractivity contribution in [3.05, 3.63) is 53.6 Å². The summed E-state index contributed by atoms with van der Waals surface area (Å²) in [4.78, 5) is 12.8. The molecule has 2 aromatic rings. The molecule has 0 aromatic heterocycles. The van der Waals surface area contributed by atoms with Gasteiger partial charge in [-0.3, -0.25) is 0 Å². The van der Waals surface area contributed by atoms with Gasteiger partial charge in [-0.15, -0.1) is 0 Å². The van der Waals surface area contributed by atoms with Crippen LogP contribution in [-0.2, 0) is 0 Å². The lowest BCUT2D eigenvalue weighted by Gasteiger charge is -2.47. The third-order valence-corrected chi connectivity index (χ3v) is 7.08. The fraction of sp³-hybridized carbons (Fsp3) is 0.480. The van der Waals surface area contributed by atoms with E-state index < -0.39 is 29.2 Å². The Labute approximate surface area is 194 Å². The highest BCUT2D eigenvalue weighted by Crippen LogP contribution is 2.53. The summed E-state index contributed by atoms with van der Waals surface area (Å²) in [6.07, 6.45) is -1.73. The van der Waals surface area contributed by atoms with Crippen molar-refractivity contribution in [3.8, 4) is 16.9 Å². The maximum atomic E-state index is 14.6. The van der Waals surface area contributed by atoms with E-state index >= 15 is 0 Å². The summed E-state index contributed by atoms with van der Waals surface area (Å²) in [5.74, 6) is -2.39. The minimum absolute atomic E-state index is 0.00955. The number of nitrogens with zero attached hydrogens (tertiary/aromatic N) is 1. The average molecular weight is 483 g/mol. The standard InChI is InChI=1S/C25H26F5NO3/c26-21-12-17(23(32)33)2-4-19(21)20-5-3-18(13-22(20)27)34-14-16-6-10-31(11-7-16)15-24(8-1-9-24)25(28,29)30/h2-5,12-13,16H,1,6-11,14-15H2,(H,32,33). The topological polar surface area (TPSA) is 49.8 Å². The van der Waals surface area contributed by atoms with Crippen molar-refractivity contribution in [2.45, 2.75) is 38.3 Å². The Morgan fingerprint density at radius 1 is 1.03 bits per heavy atom. The summed E-state index contributed by atoms with van der Waals surface area (Å²) in [5, 5.41) is 8.93. The molecule has 9 heteroatoms. The van der Waals surface area contributed by atoms with E-state index in [1.165, 1.54) is 24.3 Å². The molecule has 1 saturated heterocycles. The van der Waals surface area contributed by atoms with Crippen molar-refractivity contribution in [1.82, 2.24) is 4.90 Å². The van der Waals surface area contributed by atoms with Crippen molar-refractivity contribution in [3.63, 3.8) is 0 Å². The monoisotopic (exact) mass is 483 g/mol. The van der Waals surface area contributed by atoms with Gasteiger partial charge in [-0.05, 0) is 69.0 Å². The molecule has 4 rings (SSSR count). The normalized spacial score (nSPS) is 19.0. The van der Waals surface area contributed by atoms with E-state index in [0.717, 1.165) is 12.1 Å². The highest BCUT2D eigenvalue weighted by molar-refractivity contribution is 5.88. The van der Waals surface area contributed by atoms with E-state index in [4.69, 9.17) is 9.84 Å². The van der Waals surface area contributed by atoms with Crippen LogP contribution in [0.5, 0.6) is 5.75 Å². The zero-order valence-electron chi connectivity index (χ0n) is 18.5. The van der Waals surface area contributed by atoms with Gasteiger partial charge in [0.05, 0.1) is 17.6 Å². The van der Waals surface area contributed by atoms with Gasteiger partial charge in [-0.25, -0.2) is 13.6 Å². The number of hydrogen-bond donors (Lipinski definition) is 1. The van der Waals surface area contributed by atoms with Crippen LogP contribution in [0.15, 0.2) is 36.4 Å². The lowest BCUT2D eigenvalue weighted by atomic mass is 9.67. The molecule has 2 fully saturated rings. The minimum Gasteiger partial charge on any atom is -0.493 e. The SMILES string of the molecule is O=C(O)c1ccc(-c2ccc(OCC3CCN(CC4(C(F)(F)F)CCC4)CC3)cc2F)c(F)c1. The van der Waals surface area contributed by atoms with Crippen molar-refractivity contribution < 1.29 is 36.6 Å². The molecule has 4 nitrogen and oxygen atoms in total. The predicted molar refractivity (Wildman–Crippen MR) is 116 cm³/mol. The number of ether oxygens (including phenoxy) is 1. The number of likely N-dealkylation sites (tertiary alicyclic amines) is 1. The molecule has 34 heavy (non-hydrogen) atoms. The van der Waals surface area contributed by atoms with Crippen molar-refractivity contribution in [1.29, 1.82) is 0 Å². The minimum atomic E-state index is -4.16. The molecule has 0 amide bonds. The molecule has 184 valence electrons. The molecule has 2 aromatic carbocycles. The van der Waals surface area contributed by atoms with E-state index in [1.54, 1.807) is 0 Å². The summed E-state index contributed by atoms with van der Waals surface area (Å²) >= 11 is 0. The molecule has 1 aliphatic heterocycles. The van der Waals surface area contributed by atoms with E-state index in [0.29, 0.717) is 39.0 Å². The fourth-order valence-electron chi connectivity index (χ4n) is 4.76. The molecule has 2 aliphatic rings. The third-order valence-electron chi connectivity index (χ3n) is 7.08. The summed E-state index contributed by atoms with van der Waals surface area (Å²) in [7, 11) is 0. The van der Waals surface area contributed by atoms with Gasteiger partial charge < -0.3 is 14.7 Å². The van der Waals surface area contributed by atoms with Gasteiger partial charge in [-0.1, -0.05) is 12.5 Å². The lowest BCUT2D eigenvalue weighted by Crippen LogP contribution is -2.53. The number of carboxylic acid groups (broad SMARTS) is 1. The fourth-order valence-corrected chi connectivity index (χ4v) is 4.76. The van der Waals surface area contributed by atoms with Crippen molar-refractivity contribution in [2.75, 3.05) is 26.2 Å². The first-order valence-corrected chi connectivity index (χ1v) is 11.3. The van der Waals surface area contributed by atoms with E-state index in [2.05, 4.69) is 0 Å². The van der Waals surface area contributed by atoms with Gasteiger partial charge in [0.25, 0.3) is 0 Å². The van der Waals surface area contributed by atoms with Gasteiger partial charge in [0, 0.05) is 23.7 Å². The number of benzene rings is 2. The summed E-state index contributed by atoms with van der Waals surface area (Å²) in [5.41, 5.74) is -1.84. The second-order valence-electron chi connectivity index (χ2n) is 9.30. The maximum Gasteiger partial charge on any atom is 0.395 e. The van der Waals surface area contributed by atoms with E-state index in [9.17, 15) is 26.7 Å². The number of carboxylic acids is 1. The zero-order valence-corrected chi connectivity index (χ0v) is 18.5. The molecular formula is C25H26F5NO3. The highest BCUT2D eigenvalue weighted by atomic mass is 19.4. The number of carbonyl (C=O) groups is 1. The van der Waals surface area contributed by atoms with Gasteiger partial charge in [0.1, 0.15) is 17.4 Å². The van der Waals surface area contributed by atoms with Crippen LogP contribution in [0, 0.1) is 23.0 Å². The smallest absolute Gasteiger partial charge is 0.395 e. The van der Waals surface area contributed by atoms with Crippen LogP contribution < -0.4 is 4.74 Å². The van der Waals surface area contributed by atoms with Crippen LogP contribution in [0.25, 0.3) is 11.1 Å².